The van der Waals surface area contributed by atoms with Crippen LogP contribution in [0.3, 0.4) is 0 Å². The molecule has 0 unspecified atom stereocenters. The topological polar surface area (TPSA) is 46.2 Å². The second-order valence-electron chi connectivity index (χ2n) is 5.19. The Morgan fingerprint density at radius 2 is 1.57 bits per heavy atom. The Labute approximate surface area is 135 Å². The van der Waals surface area contributed by atoms with E-state index < -0.39 is 15.6 Å². The zero-order valence-electron chi connectivity index (χ0n) is 11.6. The smallest absolute Gasteiger partial charge is 0.207 e. The van der Waals surface area contributed by atoms with Crippen molar-refractivity contribution in [2.24, 2.45) is 0 Å². The molecule has 0 aliphatic rings. The summed E-state index contributed by atoms with van der Waals surface area (Å²) in [5, 5.41) is 1.05. The normalized spacial score (nSPS) is 12.4. The Balaban J connectivity index is 2.32. The van der Waals surface area contributed by atoms with Gasteiger partial charge in [-0.25, -0.2) is 13.1 Å². The van der Waals surface area contributed by atoms with Gasteiger partial charge in [0.15, 0.2) is 0 Å². The van der Waals surface area contributed by atoms with E-state index in [4.69, 9.17) is 23.2 Å². The minimum atomic E-state index is -3.65. The van der Waals surface area contributed by atoms with Crippen LogP contribution in [0, 0.1) is 0 Å². The third-order valence-corrected chi connectivity index (χ3v) is 5.22. The van der Waals surface area contributed by atoms with Crippen LogP contribution in [0.1, 0.15) is 19.4 Å². The van der Waals surface area contributed by atoms with Gasteiger partial charge in [-0.15, -0.1) is 0 Å². The molecule has 0 saturated carbocycles. The molecule has 0 saturated heterocycles. The average Bonchev–Trinajstić information content (AvgIpc) is 2.38. The number of nitrogens with one attached hydrogen (secondary N) is 1. The molecule has 0 radical (unpaired) electrons. The van der Waals surface area contributed by atoms with Crippen molar-refractivity contribution in [2.45, 2.75) is 24.3 Å². The largest absolute Gasteiger partial charge is 0.241 e. The van der Waals surface area contributed by atoms with E-state index in [-0.39, 0.29) is 4.90 Å². The first-order valence-electron chi connectivity index (χ1n) is 6.26. The van der Waals surface area contributed by atoms with E-state index in [9.17, 15) is 8.42 Å². The van der Waals surface area contributed by atoms with Crippen LogP contribution in [-0.4, -0.2) is 8.42 Å². The highest BCUT2D eigenvalue weighted by Crippen LogP contribution is 2.25. The van der Waals surface area contributed by atoms with Gasteiger partial charge in [-0.05, 0) is 55.8 Å². The van der Waals surface area contributed by atoms with Gasteiger partial charge in [0.05, 0.1) is 10.4 Å². The van der Waals surface area contributed by atoms with Crippen LogP contribution in [0.4, 0.5) is 0 Å². The Morgan fingerprint density at radius 1 is 0.952 bits per heavy atom. The molecular formula is C15H15Cl2NO2S. The molecule has 0 atom stereocenters. The number of halogens is 2. The minimum Gasteiger partial charge on any atom is -0.207 e. The second kappa shape index (κ2) is 5.97. The fraction of sp³-hybridized carbons (Fsp3) is 0.200. The summed E-state index contributed by atoms with van der Waals surface area (Å²) in [4.78, 5) is 0.169. The van der Waals surface area contributed by atoms with Crippen LogP contribution >= 0.6 is 23.2 Å². The highest BCUT2D eigenvalue weighted by atomic mass is 35.5. The molecule has 2 aromatic rings. The van der Waals surface area contributed by atoms with Gasteiger partial charge in [-0.1, -0.05) is 35.3 Å². The Bertz CT molecular complexity index is 741. The van der Waals surface area contributed by atoms with Crippen molar-refractivity contribution in [3.05, 3.63) is 64.1 Å². The highest BCUT2D eigenvalue weighted by Gasteiger charge is 2.28. The van der Waals surface area contributed by atoms with Crippen LogP contribution in [0.5, 0.6) is 0 Å². The molecule has 0 heterocycles. The van der Waals surface area contributed by atoms with E-state index in [0.29, 0.717) is 10.0 Å². The zero-order valence-corrected chi connectivity index (χ0v) is 13.9. The number of sulfonamides is 1. The lowest BCUT2D eigenvalue weighted by molar-refractivity contribution is 0.472. The van der Waals surface area contributed by atoms with Crippen molar-refractivity contribution in [1.82, 2.24) is 4.72 Å². The standard InChI is InChI=1S/C15H15Cl2NO2S/c1-15(2,11-4-3-5-13(17)10-11)18-21(19,20)14-8-6-12(16)7-9-14/h3-10,18H,1-2H3. The van der Waals surface area contributed by atoms with Crippen molar-refractivity contribution in [1.29, 1.82) is 0 Å². The van der Waals surface area contributed by atoms with Crippen molar-refractivity contribution in [2.75, 3.05) is 0 Å². The summed E-state index contributed by atoms with van der Waals surface area (Å²) >= 11 is 11.7. The lowest BCUT2D eigenvalue weighted by atomic mass is 9.96. The van der Waals surface area contributed by atoms with E-state index >= 15 is 0 Å². The molecule has 112 valence electrons. The van der Waals surface area contributed by atoms with Crippen molar-refractivity contribution >= 4 is 33.2 Å². The maximum Gasteiger partial charge on any atom is 0.241 e. The van der Waals surface area contributed by atoms with Gasteiger partial charge in [0.2, 0.25) is 10.0 Å². The molecule has 0 aliphatic carbocycles. The summed E-state index contributed by atoms with van der Waals surface area (Å²) in [6.45, 7) is 3.57. The summed E-state index contributed by atoms with van der Waals surface area (Å²) in [6, 6.07) is 13.1. The Hall–Kier alpha value is -1.07. The first kappa shape index (κ1) is 16.3. The molecule has 0 aromatic heterocycles. The predicted molar refractivity (Wildman–Crippen MR) is 86.3 cm³/mol. The van der Waals surface area contributed by atoms with Gasteiger partial charge in [-0.3, -0.25) is 0 Å². The van der Waals surface area contributed by atoms with Crippen LogP contribution in [0.25, 0.3) is 0 Å². The Kier molecular flexibility index (Phi) is 4.63. The van der Waals surface area contributed by atoms with Gasteiger partial charge in [0.25, 0.3) is 0 Å². The average molecular weight is 344 g/mol. The van der Waals surface area contributed by atoms with Gasteiger partial charge < -0.3 is 0 Å². The molecule has 21 heavy (non-hydrogen) atoms. The lowest BCUT2D eigenvalue weighted by Crippen LogP contribution is -2.40. The van der Waals surface area contributed by atoms with E-state index in [1.807, 2.05) is 6.07 Å². The van der Waals surface area contributed by atoms with Crippen LogP contribution in [0.15, 0.2) is 53.4 Å². The van der Waals surface area contributed by atoms with Gasteiger partial charge in [0.1, 0.15) is 0 Å². The molecule has 0 bridgehead atoms. The molecule has 2 aromatic carbocycles. The summed E-state index contributed by atoms with van der Waals surface area (Å²) in [6.07, 6.45) is 0. The number of hydrogen-bond donors (Lipinski definition) is 1. The quantitative estimate of drug-likeness (QED) is 0.903. The third kappa shape index (κ3) is 3.98. The fourth-order valence-corrected chi connectivity index (χ4v) is 3.66. The molecule has 0 fully saturated rings. The summed E-state index contributed by atoms with van der Waals surface area (Å²) < 4.78 is 27.5. The molecule has 3 nitrogen and oxygen atoms in total. The molecular weight excluding hydrogens is 329 g/mol. The van der Waals surface area contributed by atoms with Gasteiger partial charge >= 0.3 is 0 Å². The first-order valence-corrected chi connectivity index (χ1v) is 8.50. The SMILES string of the molecule is CC(C)(NS(=O)(=O)c1ccc(Cl)cc1)c1cccc(Cl)c1. The summed E-state index contributed by atoms with van der Waals surface area (Å²) in [5.41, 5.74) is -0.00357. The lowest BCUT2D eigenvalue weighted by Gasteiger charge is -2.26. The zero-order chi connectivity index (χ0) is 15.7. The fourth-order valence-electron chi connectivity index (χ4n) is 1.94. The monoisotopic (exact) mass is 343 g/mol. The molecule has 2 rings (SSSR count). The van der Waals surface area contributed by atoms with E-state index in [1.54, 1.807) is 44.2 Å². The minimum absolute atomic E-state index is 0.169. The number of hydrogen-bond acceptors (Lipinski definition) is 2. The van der Waals surface area contributed by atoms with E-state index in [1.165, 1.54) is 12.1 Å². The van der Waals surface area contributed by atoms with E-state index in [2.05, 4.69) is 4.72 Å². The van der Waals surface area contributed by atoms with Crippen molar-refractivity contribution in [3.63, 3.8) is 0 Å². The highest BCUT2D eigenvalue weighted by molar-refractivity contribution is 7.89. The van der Waals surface area contributed by atoms with Crippen molar-refractivity contribution < 1.29 is 8.42 Å². The predicted octanol–water partition coefficient (Wildman–Crippen LogP) is 4.21. The number of rotatable bonds is 4. The van der Waals surface area contributed by atoms with E-state index in [0.717, 1.165) is 5.56 Å². The number of benzene rings is 2. The van der Waals surface area contributed by atoms with Crippen LogP contribution in [-0.2, 0) is 15.6 Å². The van der Waals surface area contributed by atoms with Crippen molar-refractivity contribution in [3.8, 4) is 0 Å². The third-order valence-electron chi connectivity index (χ3n) is 3.06. The molecule has 0 spiro atoms. The maximum absolute atomic E-state index is 12.4. The first-order chi connectivity index (χ1) is 9.71. The second-order valence-corrected chi connectivity index (χ2v) is 7.75. The van der Waals surface area contributed by atoms with Gasteiger partial charge in [0, 0.05) is 10.0 Å². The molecule has 0 aliphatic heterocycles. The van der Waals surface area contributed by atoms with Crippen LogP contribution in [0.2, 0.25) is 10.0 Å². The summed E-state index contributed by atoms with van der Waals surface area (Å²) in [7, 11) is -3.65. The van der Waals surface area contributed by atoms with Gasteiger partial charge in [-0.2, -0.15) is 0 Å². The van der Waals surface area contributed by atoms with Crippen LogP contribution < -0.4 is 4.72 Å². The summed E-state index contributed by atoms with van der Waals surface area (Å²) in [5.74, 6) is 0. The molecule has 1 N–H and O–H groups in total. The molecule has 0 amide bonds. The Morgan fingerprint density at radius 3 is 2.14 bits per heavy atom. The maximum atomic E-state index is 12.4. The molecule has 6 heteroatoms.